The zero-order valence-electron chi connectivity index (χ0n) is 9.91. The number of nitrogens with zero attached hydrogens (tertiary/aromatic N) is 2. The number of fused-ring (bicyclic) bond motifs is 1. The third-order valence-corrected chi connectivity index (χ3v) is 4.47. The molecule has 3 rings (SSSR count). The Morgan fingerprint density at radius 1 is 1.30 bits per heavy atom. The molecule has 0 radical (unpaired) electrons. The SMILES string of the molecule is O=[N+]([O-])c1cc(-c2nc3ccccc3s2)cc(Br)c1O. The zero-order valence-corrected chi connectivity index (χ0v) is 12.3. The Bertz CT molecular complexity index is 799. The predicted molar refractivity (Wildman–Crippen MR) is 81.1 cm³/mol. The van der Waals surface area contributed by atoms with Crippen LogP contribution in [-0.2, 0) is 0 Å². The number of thiazole rings is 1. The van der Waals surface area contributed by atoms with Crippen LogP contribution < -0.4 is 0 Å². The second-order valence-corrected chi connectivity index (χ2v) is 5.95. The summed E-state index contributed by atoms with van der Waals surface area (Å²) in [6.07, 6.45) is 0. The quantitative estimate of drug-likeness (QED) is 0.550. The van der Waals surface area contributed by atoms with Gasteiger partial charge in [-0.2, -0.15) is 0 Å². The summed E-state index contributed by atoms with van der Waals surface area (Å²) in [5.74, 6) is -0.375. The molecule has 0 fully saturated rings. The Morgan fingerprint density at radius 3 is 2.75 bits per heavy atom. The van der Waals surface area contributed by atoms with E-state index in [1.807, 2.05) is 24.3 Å². The zero-order chi connectivity index (χ0) is 14.3. The van der Waals surface area contributed by atoms with Crippen LogP contribution in [0.15, 0.2) is 40.9 Å². The molecule has 1 aromatic heterocycles. The highest BCUT2D eigenvalue weighted by molar-refractivity contribution is 9.10. The van der Waals surface area contributed by atoms with Crippen LogP contribution in [0.3, 0.4) is 0 Å². The number of phenolic OH excluding ortho intramolecular Hbond substituents is 1. The fraction of sp³-hybridized carbons (Fsp3) is 0. The molecule has 1 N–H and O–H groups in total. The molecule has 0 unspecified atom stereocenters. The van der Waals surface area contributed by atoms with Gasteiger partial charge in [0.05, 0.1) is 19.6 Å². The molecule has 100 valence electrons. The van der Waals surface area contributed by atoms with Crippen LogP contribution in [-0.4, -0.2) is 15.0 Å². The van der Waals surface area contributed by atoms with Gasteiger partial charge in [0.2, 0.25) is 5.75 Å². The predicted octanol–water partition coefficient (Wildman–Crippen LogP) is 4.34. The number of nitro groups is 1. The molecule has 0 spiro atoms. The molecule has 3 aromatic rings. The van der Waals surface area contributed by atoms with Gasteiger partial charge in [-0.05, 0) is 34.1 Å². The van der Waals surface area contributed by atoms with Crippen LogP contribution in [0.25, 0.3) is 20.8 Å². The summed E-state index contributed by atoms with van der Waals surface area (Å²) in [5.41, 5.74) is 1.11. The van der Waals surface area contributed by atoms with E-state index in [1.165, 1.54) is 17.4 Å². The summed E-state index contributed by atoms with van der Waals surface area (Å²) in [5, 5.41) is 21.3. The highest BCUT2D eigenvalue weighted by Gasteiger charge is 2.19. The largest absolute Gasteiger partial charge is 0.501 e. The maximum absolute atomic E-state index is 10.9. The topological polar surface area (TPSA) is 76.3 Å². The van der Waals surface area contributed by atoms with Gasteiger partial charge in [-0.25, -0.2) is 4.98 Å². The van der Waals surface area contributed by atoms with Crippen molar-refractivity contribution in [2.24, 2.45) is 0 Å². The maximum atomic E-state index is 10.9. The van der Waals surface area contributed by atoms with Crippen LogP contribution >= 0.6 is 27.3 Å². The highest BCUT2D eigenvalue weighted by Crippen LogP contribution is 2.40. The standard InChI is InChI=1S/C13H7BrN2O3S/c14-8-5-7(6-10(12(8)17)16(18)19)13-15-9-3-1-2-4-11(9)20-13/h1-6,17H. The summed E-state index contributed by atoms with van der Waals surface area (Å²) < 4.78 is 1.29. The second kappa shape index (κ2) is 4.84. The van der Waals surface area contributed by atoms with Gasteiger partial charge in [0.15, 0.2) is 0 Å². The highest BCUT2D eigenvalue weighted by atomic mass is 79.9. The lowest BCUT2D eigenvalue weighted by molar-refractivity contribution is -0.385. The number of aromatic nitrogens is 1. The van der Waals surface area contributed by atoms with E-state index in [9.17, 15) is 15.2 Å². The van der Waals surface area contributed by atoms with Crippen LogP contribution in [0, 0.1) is 10.1 Å². The van der Waals surface area contributed by atoms with Gasteiger partial charge in [0.25, 0.3) is 0 Å². The van der Waals surface area contributed by atoms with Crippen LogP contribution in [0.1, 0.15) is 0 Å². The summed E-state index contributed by atoms with van der Waals surface area (Å²) in [4.78, 5) is 14.8. The molecule has 0 bridgehead atoms. The van der Waals surface area contributed by atoms with Crippen LogP contribution in [0.2, 0.25) is 0 Å². The Kier molecular flexibility index (Phi) is 3.15. The molecule has 0 saturated heterocycles. The van der Waals surface area contributed by atoms with Crippen molar-refractivity contribution in [3.63, 3.8) is 0 Å². The molecule has 2 aromatic carbocycles. The van der Waals surface area contributed by atoms with Crippen LogP contribution in [0.4, 0.5) is 5.69 Å². The average Bonchev–Trinajstić information content (AvgIpc) is 2.85. The maximum Gasteiger partial charge on any atom is 0.312 e. The number of hydrogen-bond donors (Lipinski definition) is 1. The second-order valence-electron chi connectivity index (χ2n) is 4.07. The number of para-hydroxylation sites is 1. The molecule has 0 aliphatic rings. The third kappa shape index (κ3) is 2.14. The fourth-order valence-corrected chi connectivity index (χ4v) is 3.25. The van der Waals surface area contributed by atoms with Crippen molar-refractivity contribution in [1.82, 2.24) is 4.98 Å². The first-order chi connectivity index (χ1) is 9.56. The first-order valence-corrected chi connectivity index (χ1v) is 7.20. The minimum Gasteiger partial charge on any atom is -0.501 e. The molecule has 7 heteroatoms. The van der Waals surface area contributed by atoms with Crippen molar-refractivity contribution < 1.29 is 10.0 Å². The van der Waals surface area contributed by atoms with Gasteiger partial charge < -0.3 is 5.11 Å². The van der Waals surface area contributed by atoms with E-state index in [2.05, 4.69) is 20.9 Å². The Labute approximate surface area is 125 Å². The molecule has 0 aliphatic carbocycles. The number of nitro benzene ring substituents is 1. The lowest BCUT2D eigenvalue weighted by Gasteiger charge is -2.02. The van der Waals surface area contributed by atoms with E-state index in [-0.39, 0.29) is 15.9 Å². The number of hydrogen-bond acceptors (Lipinski definition) is 5. The third-order valence-electron chi connectivity index (χ3n) is 2.78. The molecule has 0 aliphatic heterocycles. The van der Waals surface area contributed by atoms with E-state index in [0.717, 1.165) is 10.2 Å². The average molecular weight is 351 g/mol. The van der Waals surface area contributed by atoms with E-state index < -0.39 is 4.92 Å². The number of benzene rings is 2. The van der Waals surface area contributed by atoms with Crippen molar-refractivity contribution in [2.75, 3.05) is 0 Å². The molecule has 0 amide bonds. The van der Waals surface area contributed by atoms with E-state index in [4.69, 9.17) is 0 Å². The van der Waals surface area contributed by atoms with Crippen molar-refractivity contribution >= 4 is 43.2 Å². The summed E-state index contributed by atoms with van der Waals surface area (Å²) >= 11 is 4.58. The van der Waals surface area contributed by atoms with Gasteiger partial charge in [0, 0.05) is 11.6 Å². The Balaban J connectivity index is 2.21. The van der Waals surface area contributed by atoms with Crippen molar-refractivity contribution in [2.45, 2.75) is 0 Å². The van der Waals surface area contributed by atoms with Crippen molar-refractivity contribution in [3.8, 4) is 16.3 Å². The molecular formula is C13H7BrN2O3S. The van der Waals surface area contributed by atoms with Gasteiger partial charge in [-0.15, -0.1) is 11.3 Å². The smallest absolute Gasteiger partial charge is 0.312 e. The lowest BCUT2D eigenvalue weighted by Crippen LogP contribution is -1.90. The summed E-state index contributed by atoms with van der Waals surface area (Å²) in [6.45, 7) is 0. The fourth-order valence-electron chi connectivity index (χ4n) is 1.84. The molecule has 0 saturated carbocycles. The first kappa shape index (κ1) is 13.0. The van der Waals surface area contributed by atoms with Gasteiger partial charge in [-0.1, -0.05) is 12.1 Å². The monoisotopic (exact) mass is 350 g/mol. The lowest BCUT2D eigenvalue weighted by atomic mass is 10.2. The Morgan fingerprint density at radius 2 is 2.05 bits per heavy atom. The number of phenols is 1. The number of halogens is 1. The number of rotatable bonds is 2. The summed E-state index contributed by atoms with van der Waals surface area (Å²) in [6, 6.07) is 10.6. The minimum atomic E-state index is -0.614. The molecule has 20 heavy (non-hydrogen) atoms. The molecule has 0 atom stereocenters. The number of aromatic hydroxyl groups is 1. The van der Waals surface area contributed by atoms with Gasteiger partial charge >= 0.3 is 5.69 Å². The van der Waals surface area contributed by atoms with E-state index >= 15 is 0 Å². The van der Waals surface area contributed by atoms with Crippen molar-refractivity contribution in [1.29, 1.82) is 0 Å². The van der Waals surface area contributed by atoms with Gasteiger partial charge in [-0.3, -0.25) is 10.1 Å². The molecule has 1 heterocycles. The summed E-state index contributed by atoms with van der Waals surface area (Å²) in [7, 11) is 0. The van der Waals surface area contributed by atoms with E-state index in [1.54, 1.807) is 6.07 Å². The Hall–Kier alpha value is -1.99. The first-order valence-electron chi connectivity index (χ1n) is 5.59. The molecule has 5 nitrogen and oxygen atoms in total. The van der Waals surface area contributed by atoms with Crippen LogP contribution in [0.5, 0.6) is 5.75 Å². The van der Waals surface area contributed by atoms with E-state index in [0.29, 0.717) is 10.6 Å². The van der Waals surface area contributed by atoms with Crippen molar-refractivity contribution in [3.05, 3.63) is 51.0 Å². The normalized spacial score (nSPS) is 10.8. The van der Waals surface area contributed by atoms with Gasteiger partial charge in [0.1, 0.15) is 5.01 Å². The molecular weight excluding hydrogens is 344 g/mol. The minimum absolute atomic E-state index is 0.279.